The highest BCUT2D eigenvalue weighted by molar-refractivity contribution is 9.10. The lowest BCUT2D eigenvalue weighted by atomic mass is 10.0. The molecule has 92 valence electrons. The number of aromatic nitrogens is 1. The normalized spacial score (nSPS) is 10.4. The summed E-state index contributed by atoms with van der Waals surface area (Å²) in [5, 5.41) is 0. The summed E-state index contributed by atoms with van der Waals surface area (Å²) < 4.78 is 0.969. The molecule has 0 fully saturated rings. The number of halogens is 1. The number of Topliss-reactive ketones (excluding diaryl/α,β-unsaturated/α-hetero) is 1. The third-order valence-electron chi connectivity index (χ3n) is 2.83. The molecule has 0 bridgehead atoms. The van der Waals surface area contributed by atoms with E-state index < -0.39 is 0 Å². The number of aryl methyl sites for hydroxylation is 2. The number of hydrogen-bond acceptors (Lipinski definition) is 2. The molecule has 0 N–H and O–H groups in total. The first kappa shape index (κ1) is 13.0. The smallest absolute Gasteiger partial charge is 0.169 e. The quantitative estimate of drug-likeness (QED) is 0.805. The number of benzene rings is 1. The van der Waals surface area contributed by atoms with Crippen LogP contribution in [0.3, 0.4) is 0 Å². The highest BCUT2D eigenvalue weighted by Crippen LogP contribution is 2.19. The van der Waals surface area contributed by atoms with E-state index in [4.69, 9.17) is 0 Å². The molecule has 0 saturated carbocycles. The maximum absolute atomic E-state index is 12.2. The summed E-state index contributed by atoms with van der Waals surface area (Å²) in [7, 11) is 0. The van der Waals surface area contributed by atoms with Crippen LogP contribution in [0.1, 0.15) is 27.3 Å². The molecule has 0 aliphatic carbocycles. The Labute approximate surface area is 115 Å². The number of rotatable bonds is 3. The van der Waals surface area contributed by atoms with Crippen molar-refractivity contribution in [2.75, 3.05) is 0 Å². The summed E-state index contributed by atoms with van der Waals surface area (Å²) in [6.07, 6.45) is 0.396. The van der Waals surface area contributed by atoms with Gasteiger partial charge in [0.05, 0.1) is 0 Å². The summed E-state index contributed by atoms with van der Waals surface area (Å²) in [6, 6.07) is 11.5. The van der Waals surface area contributed by atoms with Crippen molar-refractivity contribution in [3.8, 4) is 0 Å². The molecule has 2 aromatic rings. The van der Waals surface area contributed by atoms with Crippen molar-refractivity contribution in [3.63, 3.8) is 0 Å². The van der Waals surface area contributed by atoms with Gasteiger partial charge >= 0.3 is 0 Å². The topological polar surface area (TPSA) is 30.0 Å². The fourth-order valence-electron chi connectivity index (χ4n) is 1.89. The number of carbonyl (C=O) groups excluding carboxylic acids is 1. The molecule has 0 radical (unpaired) electrons. The molecule has 0 amide bonds. The number of nitrogens with zero attached hydrogens (tertiary/aromatic N) is 1. The van der Waals surface area contributed by atoms with Crippen molar-refractivity contribution in [2.24, 2.45) is 0 Å². The highest BCUT2D eigenvalue weighted by atomic mass is 79.9. The number of ketones is 1. The van der Waals surface area contributed by atoms with E-state index in [1.807, 2.05) is 50.2 Å². The molecule has 0 aliphatic heterocycles. The largest absolute Gasteiger partial charge is 0.294 e. The number of carbonyl (C=O) groups is 1. The van der Waals surface area contributed by atoms with Gasteiger partial charge in [-0.2, -0.15) is 0 Å². The Morgan fingerprint density at radius 1 is 1.17 bits per heavy atom. The fraction of sp³-hybridized carbons (Fsp3) is 0.200. The molecule has 0 aliphatic rings. The SMILES string of the molecule is Cc1ccc(C(=O)Cc2ccccc2Br)c(C)n1. The second kappa shape index (κ2) is 5.44. The molecule has 0 atom stereocenters. The minimum atomic E-state index is 0.104. The van der Waals surface area contributed by atoms with Crippen LogP contribution < -0.4 is 0 Å². The molecule has 1 aromatic heterocycles. The average molecular weight is 304 g/mol. The Balaban J connectivity index is 2.25. The average Bonchev–Trinajstić information content (AvgIpc) is 2.32. The van der Waals surface area contributed by atoms with Crippen LogP contribution >= 0.6 is 15.9 Å². The zero-order chi connectivity index (χ0) is 13.1. The van der Waals surface area contributed by atoms with Crippen molar-refractivity contribution in [2.45, 2.75) is 20.3 Å². The number of pyridine rings is 1. The van der Waals surface area contributed by atoms with Crippen LogP contribution in [-0.4, -0.2) is 10.8 Å². The van der Waals surface area contributed by atoms with Gasteiger partial charge in [-0.25, -0.2) is 0 Å². The van der Waals surface area contributed by atoms with E-state index in [2.05, 4.69) is 20.9 Å². The fourth-order valence-corrected chi connectivity index (χ4v) is 2.32. The van der Waals surface area contributed by atoms with Crippen LogP contribution in [0.5, 0.6) is 0 Å². The lowest BCUT2D eigenvalue weighted by Gasteiger charge is -2.06. The summed E-state index contributed by atoms with van der Waals surface area (Å²) >= 11 is 3.46. The van der Waals surface area contributed by atoms with Gasteiger partial charge in [0.15, 0.2) is 5.78 Å². The monoisotopic (exact) mass is 303 g/mol. The summed E-state index contributed by atoms with van der Waals surface area (Å²) in [6.45, 7) is 3.80. The maximum Gasteiger partial charge on any atom is 0.169 e. The van der Waals surface area contributed by atoms with Gasteiger partial charge in [0.25, 0.3) is 0 Å². The maximum atomic E-state index is 12.2. The van der Waals surface area contributed by atoms with Gasteiger partial charge in [0.2, 0.25) is 0 Å². The van der Waals surface area contributed by atoms with Crippen LogP contribution in [0.4, 0.5) is 0 Å². The molecule has 0 spiro atoms. The third kappa shape index (κ3) is 2.85. The first-order valence-corrected chi connectivity index (χ1v) is 6.58. The summed E-state index contributed by atoms with van der Waals surface area (Å²) in [5.74, 6) is 0.104. The molecule has 3 heteroatoms. The van der Waals surface area contributed by atoms with Crippen molar-refractivity contribution >= 4 is 21.7 Å². The Bertz CT molecular complexity index is 593. The summed E-state index contributed by atoms with van der Waals surface area (Å²) in [4.78, 5) is 16.6. The van der Waals surface area contributed by atoms with Crippen LogP contribution in [0, 0.1) is 13.8 Å². The third-order valence-corrected chi connectivity index (χ3v) is 3.61. The molecule has 2 nitrogen and oxygen atoms in total. The van der Waals surface area contributed by atoms with Gasteiger partial charge in [-0.05, 0) is 37.6 Å². The van der Waals surface area contributed by atoms with Gasteiger partial charge in [-0.15, -0.1) is 0 Å². The minimum Gasteiger partial charge on any atom is -0.294 e. The molecular weight excluding hydrogens is 290 g/mol. The van der Waals surface area contributed by atoms with E-state index in [1.54, 1.807) is 0 Å². The van der Waals surface area contributed by atoms with E-state index in [9.17, 15) is 4.79 Å². The number of hydrogen-bond donors (Lipinski definition) is 0. The Kier molecular flexibility index (Phi) is 3.92. The molecule has 0 unspecified atom stereocenters. The molecule has 1 aromatic carbocycles. The first-order valence-electron chi connectivity index (χ1n) is 5.79. The zero-order valence-electron chi connectivity index (χ0n) is 10.4. The predicted molar refractivity (Wildman–Crippen MR) is 75.9 cm³/mol. The Morgan fingerprint density at radius 3 is 2.56 bits per heavy atom. The van der Waals surface area contributed by atoms with Crippen molar-refractivity contribution in [1.29, 1.82) is 0 Å². The van der Waals surface area contributed by atoms with Crippen molar-refractivity contribution in [3.05, 3.63) is 63.4 Å². The van der Waals surface area contributed by atoms with E-state index in [1.165, 1.54) is 0 Å². The second-order valence-electron chi connectivity index (χ2n) is 4.28. The lowest BCUT2D eigenvalue weighted by Crippen LogP contribution is -2.07. The second-order valence-corrected chi connectivity index (χ2v) is 5.13. The van der Waals surface area contributed by atoms with Gasteiger partial charge in [-0.1, -0.05) is 34.1 Å². The van der Waals surface area contributed by atoms with Crippen molar-refractivity contribution < 1.29 is 4.79 Å². The Morgan fingerprint density at radius 2 is 1.89 bits per heavy atom. The van der Waals surface area contributed by atoms with Crippen LogP contribution in [0.25, 0.3) is 0 Å². The molecule has 2 rings (SSSR count). The van der Waals surface area contributed by atoms with Crippen LogP contribution in [0.2, 0.25) is 0 Å². The van der Waals surface area contributed by atoms with E-state index in [-0.39, 0.29) is 5.78 Å². The van der Waals surface area contributed by atoms with Gasteiger partial charge in [0, 0.05) is 27.8 Å². The summed E-state index contributed by atoms with van der Waals surface area (Å²) in [5.41, 5.74) is 3.44. The van der Waals surface area contributed by atoms with Gasteiger partial charge in [-0.3, -0.25) is 9.78 Å². The lowest BCUT2D eigenvalue weighted by molar-refractivity contribution is 0.0992. The Hall–Kier alpha value is -1.48. The van der Waals surface area contributed by atoms with Crippen LogP contribution in [-0.2, 0) is 6.42 Å². The zero-order valence-corrected chi connectivity index (χ0v) is 12.0. The predicted octanol–water partition coefficient (Wildman–Crippen LogP) is 3.89. The van der Waals surface area contributed by atoms with E-state index >= 15 is 0 Å². The highest BCUT2D eigenvalue weighted by Gasteiger charge is 2.12. The van der Waals surface area contributed by atoms with E-state index in [0.717, 1.165) is 21.4 Å². The van der Waals surface area contributed by atoms with E-state index in [0.29, 0.717) is 12.0 Å². The van der Waals surface area contributed by atoms with Gasteiger partial charge in [0.1, 0.15) is 0 Å². The molecule has 1 heterocycles. The van der Waals surface area contributed by atoms with Gasteiger partial charge < -0.3 is 0 Å². The molecular formula is C15H14BrNO. The van der Waals surface area contributed by atoms with Crippen LogP contribution in [0.15, 0.2) is 40.9 Å². The standard InChI is InChI=1S/C15H14BrNO/c1-10-7-8-13(11(2)17-10)15(18)9-12-5-3-4-6-14(12)16/h3-8H,9H2,1-2H3. The van der Waals surface area contributed by atoms with Crippen molar-refractivity contribution in [1.82, 2.24) is 4.98 Å². The molecule has 18 heavy (non-hydrogen) atoms. The first-order chi connectivity index (χ1) is 8.58. The minimum absolute atomic E-state index is 0.104. The molecule has 0 saturated heterocycles.